The number of hydrogen-bond donors (Lipinski definition) is 1. The van der Waals surface area contributed by atoms with Gasteiger partial charge < -0.3 is 4.90 Å². The van der Waals surface area contributed by atoms with Gasteiger partial charge in [-0.15, -0.1) is 6.58 Å². The summed E-state index contributed by atoms with van der Waals surface area (Å²) < 4.78 is 26.3. The number of carbonyl (C=O) groups excluding carboxylic acids is 1. The largest absolute Gasteiger partial charge is 0.335 e. The second kappa shape index (κ2) is 7.91. The standard InChI is InChI=1S/C16H22N2O3S/c1-5-11-17-22(20,21)15-9-7-14(8-10-15)16(19)18(6-2)12-13(3)4/h5,7-10,17H,1,3,6,11-12H2,2,4H3. The second-order valence-corrected chi connectivity index (χ2v) is 6.71. The fourth-order valence-electron chi connectivity index (χ4n) is 1.86. The van der Waals surface area contributed by atoms with E-state index in [-0.39, 0.29) is 17.3 Å². The van der Waals surface area contributed by atoms with Crippen LogP contribution >= 0.6 is 0 Å². The quantitative estimate of drug-likeness (QED) is 0.746. The number of likely N-dealkylation sites (N-methyl/N-ethyl adjacent to an activating group) is 1. The number of rotatable bonds is 8. The molecule has 0 unspecified atom stereocenters. The zero-order chi connectivity index (χ0) is 16.8. The fraction of sp³-hybridized carbons (Fsp3) is 0.312. The van der Waals surface area contributed by atoms with Crippen LogP contribution in [0.5, 0.6) is 0 Å². The van der Waals surface area contributed by atoms with E-state index in [1.165, 1.54) is 30.3 Å². The van der Waals surface area contributed by atoms with Crippen LogP contribution in [0, 0.1) is 0 Å². The number of nitrogens with one attached hydrogen (secondary N) is 1. The molecule has 0 spiro atoms. The number of sulfonamides is 1. The van der Waals surface area contributed by atoms with Gasteiger partial charge in [-0.3, -0.25) is 4.79 Å². The van der Waals surface area contributed by atoms with Gasteiger partial charge >= 0.3 is 0 Å². The van der Waals surface area contributed by atoms with Gasteiger partial charge in [0.1, 0.15) is 0 Å². The van der Waals surface area contributed by atoms with Gasteiger partial charge in [0.05, 0.1) is 4.90 Å². The molecule has 0 bridgehead atoms. The highest BCUT2D eigenvalue weighted by Gasteiger charge is 2.17. The summed E-state index contributed by atoms with van der Waals surface area (Å²) in [6, 6.07) is 5.89. The zero-order valence-electron chi connectivity index (χ0n) is 13.0. The van der Waals surface area contributed by atoms with Crippen LogP contribution in [-0.2, 0) is 10.0 Å². The van der Waals surface area contributed by atoms with Crippen LogP contribution < -0.4 is 4.72 Å². The summed E-state index contributed by atoms with van der Waals surface area (Å²) in [6.07, 6.45) is 1.46. The lowest BCUT2D eigenvalue weighted by atomic mass is 10.2. The Balaban J connectivity index is 2.94. The third kappa shape index (κ3) is 4.82. The minimum absolute atomic E-state index is 0.119. The molecule has 1 amide bonds. The van der Waals surface area contributed by atoms with Crippen LogP contribution in [0.1, 0.15) is 24.2 Å². The molecule has 0 heterocycles. The summed E-state index contributed by atoms with van der Waals surface area (Å²) in [6.45, 7) is 12.2. The molecule has 1 aromatic carbocycles. The monoisotopic (exact) mass is 322 g/mol. The Bertz CT molecular complexity index is 648. The molecule has 0 aliphatic heterocycles. The van der Waals surface area contributed by atoms with Crippen molar-refractivity contribution in [1.82, 2.24) is 9.62 Å². The van der Waals surface area contributed by atoms with Crippen LogP contribution in [0.4, 0.5) is 0 Å². The van der Waals surface area contributed by atoms with E-state index >= 15 is 0 Å². The average Bonchev–Trinajstić information content (AvgIpc) is 2.50. The van der Waals surface area contributed by atoms with Crippen molar-refractivity contribution in [2.75, 3.05) is 19.6 Å². The molecule has 0 radical (unpaired) electrons. The van der Waals surface area contributed by atoms with Crippen LogP contribution in [0.25, 0.3) is 0 Å². The molecular formula is C16H22N2O3S. The maximum atomic E-state index is 12.4. The summed E-state index contributed by atoms with van der Waals surface area (Å²) in [4.78, 5) is 14.1. The topological polar surface area (TPSA) is 66.5 Å². The smallest absolute Gasteiger partial charge is 0.254 e. The summed E-state index contributed by atoms with van der Waals surface area (Å²) in [5, 5.41) is 0. The Labute approximate surface area is 132 Å². The average molecular weight is 322 g/mol. The van der Waals surface area contributed by atoms with Crippen molar-refractivity contribution in [2.45, 2.75) is 18.7 Å². The highest BCUT2D eigenvalue weighted by atomic mass is 32.2. The van der Waals surface area contributed by atoms with E-state index in [0.717, 1.165) is 5.57 Å². The van der Waals surface area contributed by atoms with E-state index in [1.54, 1.807) is 4.90 Å². The summed E-state index contributed by atoms with van der Waals surface area (Å²) in [5.41, 5.74) is 1.34. The van der Waals surface area contributed by atoms with E-state index in [2.05, 4.69) is 17.9 Å². The second-order valence-electron chi connectivity index (χ2n) is 4.94. The van der Waals surface area contributed by atoms with Gasteiger partial charge in [0, 0.05) is 25.2 Å². The number of nitrogens with zero attached hydrogens (tertiary/aromatic N) is 1. The fourth-order valence-corrected chi connectivity index (χ4v) is 2.86. The van der Waals surface area contributed by atoms with Gasteiger partial charge in [-0.05, 0) is 38.1 Å². The van der Waals surface area contributed by atoms with Crippen molar-refractivity contribution in [3.8, 4) is 0 Å². The van der Waals surface area contributed by atoms with Crippen molar-refractivity contribution in [3.63, 3.8) is 0 Å². The SMILES string of the molecule is C=CCNS(=O)(=O)c1ccc(C(=O)N(CC)CC(=C)C)cc1. The molecule has 0 fully saturated rings. The first-order chi connectivity index (χ1) is 10.3. The molecule has 0 saturated heterocycles. The van der Waals surface area contributed by atoms with Crippen molar-refractivity contribution < 1.29 is 13.2 Å². The van der Waals surface area contributed by atoms with E-state index in [1.807, 2.05) is 13.8 Å². The molecule has 0 aliphatic rings. The molecule has 0 atom stereocenters. The first-order valence-corrected chi connectivity index (χ1v) is 8.44. The van der Waals surface area contributed by atoms with Crippen LogP contribution in [0.2, 0.25) is 0 Å². The Morgan fingerprint density at radius 1 is 1.32 bits per heavy atom. The van der Waals surface area contributed by atoms with Crippen molar-refractivity contribution in [3.05, 3.63) is 54.6 Å². The van der Waals surface area contributed by atoms with E-state index < -0.39 is 10.0 Å². The molecule has 1 rings (SSSR count). The maximum absolute atomic E-state index is 12.4. The molecule has 1 N–H and O–H groups in total. The Kier molecular flexibility index (Phi) is 6.52. The van der Waals surface area contributed by atoms with Crippen LogP contribution in [0.15, 0.2) is 54.0 Å². The summed E-state index contributed by atoms with van der Waals surface area (Å²) in [5.74, 6) is -0.145. The minimum atomic E-state index is -3.57. The summed E-state index contributed by atoms with van der Waals surface area (Å²) >= 11 is 0. The molecule has 120 valence electrons. The molecule has 5 nitrogen and oxygen atoms in total. The molecule has 22 heavy (non-hydrogen) atoms. The predicted octanol–water partition coefficient (Wildman–Crippen LogP) is 2.19. The lowest BCUT2D eigenvalue weighted by molar-refractivity contribution is 0.0778. The summed E-state index contributed by atoms with van der Waals surface area (Å²) in [7, 11) is -3.57. The molecule has 6 heteroatoms. The number of carbonyl (C=O) groups is 1. The number of benzene rings is 1. The van der Waals surface area contributed by atoms with Gasteiger partial charge in [0.25, 0.3) is 5.91 Å². The van der Waals surface area contributed by atoms with E-state index in [0.29, 0.717) is 18.7 Å². The lowest BCUT2D eigenvalue weighted by Crippen LogP contribution is -2.32. The number of amides is 1. The van der Waals surface area contributed by atoms with Gasteiger partial charge in [-0.1, -0.05) is 18.2 Å². The van der Waals surface area contributed by atoms with Crippen molar-refractivity contribution in [2.24, 2.45) is 0 Å². The molecular weight excluding hydrogens is 300 g/mol. The van der Waals surface area contributed by atoms with E-state index in [9.17, 15) is 13.2 Å². The number of hydrogen-bond acceptors (Lipinski definition) is 3. The zero-order valence-corrected chi connectivity index (χ0v) is 13.8. The minimum Gasteiger partial charge on any atom is -0.335 e. The van der Waals surface area contributed by atoms with Crippen molar-refractivity contribution in [1.29, 1.82) is 0 Å². The predicted molar refractivity (Wildman–Crippen MR) is 88.2 cm³/mol. The van der Waals surface area contributed by atoms with Crippen LogP contribution in [-0.4, -0.2) is 38.9 Å². The lowest BCUT2D eigenvalue weighted by Gasteiger charge is -2.21. The van der Waals surface area contributed by atoms with Crippen molar-refractivity contribution >= 4 is 15.9 Å². The van der Waals surface area contributed by atoms with Gasteiger partial charge in [0.2, 0.25) is 10.0 Å². The third-order valence-corrected chi connectivity index (χ3v) is 4.40. The normalized spacial score (nSPS) is 11.0. The van der Waals surface area contributed by atoms with Gasteiger partial charge in [-0.2, -0.15) is 0 Å². The Hall–Kier alpha value is -1.92. The molecule has 1 aromatic rings. The Morgan fingerprint density at radius 3 is 2.36 bits per heavy atom. The molecule has 0 saturated carbocycles. The highest BCUT2D eigenvalue weighted by Crippen LogP contribution is 2.13. The highest BCUT2D eigenvalue weighted by molar-refractivity contribution is 7.89. The molecule has 0 aliphatic carbocycles. The Morgan fingerprint density at radius 2 is 1.91 bits per heavy atom. The van der Waals surface area contributed by atoms with E-state index in [4.69, 9.17) is 0 Å². The van der Waals surface area contributed by atoms with Gasteiger partial charge in [0.15, 0.2) is 0 Å². The maximum Gasteiger partial charge on any atom is 0.254 e. The van der Waals surface area contributed by atoms with Crippen LogP contribution in [0.3, 0.4) is 0 Å². The first kappa shape index (κ1) is 18.1. The third-order valence-electron chi connectivity index (χ3n) is 2.96. The molecule has 0 aromatic heterocycles. The van der Waals surface area contributed by atoms with Gasteiger partial charge in [-0.25, -0.2) is 13.1 Å². The first-order valence-electron chi connectivity index (χ1n) is 6.96.